The molecule has 1 fully saturated rings. The fourth-order valence-electron chi connectivity index (χ4n) is 1.73. The molecule has 1 atom stereocenters. The Bertz CT molecular complexity index is 302. The van der Waals surface area contributed by atoms with Crippen molar-refractivity contribution in [2.75, 3.05) is 32.1 Å². The van der Waals surface area contributed by atoms with Gasteiger partial charge in [0.2, 0.25) is 0 Å². The van der Waals surface area contributed by atoms with Gasteiger partial charge in [-0.2, -0.15) is 0 Å². The second-order valence-electron chi connectivity index (χ2n) is 4.04. The molecule has 0 bridgehead atoms. The van der Waals surface area contributed by atoms with Crippen LogP contribution in [0.4, 0.5) is 5.69 Å². The number of rotatable bonds is 2. The maximum Gasteiger partial charge on any atom is 0.134 e. The van der Waals surface area contributed by atoms with Crippen LogP contribution in [0.25, 0.3) is 0 Å². The van der Waals surface area contributed by atoms with Crippen molar-refractivity contribution >= 4 is 5.69 Å². The van der Waals surface area contributed by atoms with Crippen LogP contribution in [0.1, 0.15) is 18.2 Å². The van der Waals surface area contributed by atoms with Crippen LogP contribution in [-0.2, 0) is 4.74 Å². The fraction of sp³-hybridized carbons (Fsp3) is 0.500. The van der Waals surface area contributed by atoms with Gasteiger partial charge in [0.25, 0.3) is 0 Å². The monoisotopic (exact) mass is 206 g/mol. The van der Waals surface area contributed by atoms with Gasteiger partial charge in [-0.05, 0) is 24.1 Å². The molecule has 1 aromatic rings. The van der Waals surface area contributed by atoms with Gasteiger partial charge in [-0.1, -0.05) is 12.1 Å². The molecule has 1 heterocycles. The zero-order valence-electron chi connectivity index (χ0n) is 9.36. The fourth-order valence-corrected chi connectivity index (χ4v) is 1.73. The molecule has 2 rings (SSSR count). The molecule has 1 aliphatic heterocycles. The first-order valence-corrected chi connectivity index (χ1v) is 5.39. The number of nitrogens with zero attached hydrogens (tertiary/aromatic N) is 1. The van der Waals surface area contributed by atoms with Crippen LogP contribution in [0.3, 0.4) is 0 Å². The number of nitrogens with one attached hydrogen (secondary N) is 1. The van der Waals surface area contributed by atoms with E-state index >= 15 is 0 Å². The third kappa shape index (κ3) is 2.49. The largest absolute Gasteiger partial charge is 0.378 e. The third-order valence-corrected chi connectivity index (χ3v) is 2.65. The Morgan fingerprint density at radius 3 is 2.53 bits per heavy atom. The van der Waals surface area contributed by atoms with E-state index in [1.807, 2.05) is 14.1 Å². The Morgan fingerprint density at radius 2 is 2.00 bits per heavy atom. The van der Waals surface area contributed by atoms with Gasteiger partial charge in [0, 0.05) is 26.3 Å². The van der Waals surface area contributed by atoms with Crippen molar-refractivity contribution in [2.45, 2.75) is 12.6 Å². The van der Waals surface area contributed by atoms with Crippen LogP contribution in [0.2, 0.25) is 0 Å². The van der Waals surface area contributed by atoms with Crippen molar-refractivity contribution in [3.63, 3.8) is 0 Å². The van der Waals surface area contributed by atoms with Gasteiger partial charge >= 0.3 is 0 Å². The molecular formula is C12H18N2O. The summed E-state index contributed by atoms with van der Waals surface area (Å²) in [6.07, 6.45) is 1.18. The smallest absolute Gasteiger partial charge is 0.134 e. The third-order valence-electron chi connectivity index (χ3n) is 2.65. The van der Waals surface area contributed by atoms with Crippen molar-refractivity contribution in [1.29, 1.82) is 0 Å². The van der Waals surface area contributed by atoms with Gasteiger partial charge in [-0.3, -0.25) is 5.32 Å². The molecule has 0 radical (unpaired) electrons. The lowest BCUT2D eigenvalue weighted by molar-refractivity contribution is -0.000304. The van der Waals surface area contributed by atoms with E-state index in [1.54, 1.807) is 0 Å². The lowest BCUT2D eigenvalue weighted by atomic mass is 10.1. The minimum absolute atomic E-state index is 0.0787. The van der Waals surface area contributed by atoms with Gasteiger partial charge in [-0.15, -0.1) is 0 Å². The first kappa shape index (κ1) is 10.5. The zero-order valence-corrected chi connectivity index (χ0v) is 9.36. The minimum atomic E-state index is 0.0787. The van der Waals surface area contributed by atoms with Crippen molar-refractivity contribution in [2.24, 2.45) is 0 Å². The second-order valence-corrected chi connectivity index (χ2v) is 4.04. The lowest BCUT2D eigenvalue weighted by Crippen LogP contribution is -2.31. The predicted octanol–water partition coefficient (Wildman–Crippen LogP) is 1.76. The lowest BCUT2D eigenvalue weighted by Gasteiger charge is -2.25. The first-order chi connectivity index (χ1) is 7.27. The molecule has 1 saturated heterocycles. The molecule has 0 aliphatic carbocycles. The SMILES string of the molecule is CN(C)c1ccc(C2NCCCO2)cc1. The number of ether oxygens (including phenoxy) is 1. The molecule has 0 saturated carbocycles. The topological polar surface area (TPSA) is 24.5 Å². The summed E-state index contributed by atoms with van der Waals surface area (Å²) in [6, 6.07) is 8.49. The summed E-state index contributed by atoms with van der Waals surface area (Å²) in [4.78, 5) is 2.10. The van der Waals surface area contributed by atoms with E-state index in [1.165, 1.54) is 11.3 Å². The van der Waals surface area contributed by atoms with E-state index in [-0.39, 0.29) is 6.23 Å². The Kier molecular flexibility index (Phi) is 3.23. The van der Waals surface area contributed by atoms with Crippen LogP contribution in [0.15, 0.2) is 24.3 Å². The van der Waals surface area contributed by atoms with Crippen LogP contribution in [0, 0.1) is 0 Å². The normalized spacial score (nSPS) is 21.3. The number of hydrogen-bond acceptors (Lipinski definition) is 3. The highest BCUT2D eigenvalue weighted by Crippen LogP contribution is 2.20. The van der Waals surface area contributed by atoms with Crippen LogP contribution in [-0.4, -0.2) is 27.2 Å². The molecule has 82 valence electrons. The number of hydrogen-bond donors (Lipinski definition) is 1. The summed E-state index contributed by atoms with van der Waals surface area (Å²) in [5, 5.41) is 3.35. The van der Waals surface area contributed by atoms with Crippen molar-refractivity contribution in [1.82, 2.24) is 5.32 Å². The van der Waals surface area contributed by atoms with E-state index in [9.17, 15) is 0 Å². The first-order valence-electron chi connectivity index (χ1n) is 5.39. The summed E-state index contributed by atoms with van der Waals surface area (Å²) in [6.45, 7) is 1.90. The van der Waals surface area contributed by atoms with Gasteiger partial charge in [0.05, 0.1) is 6.61 Å². The van der Waals surface area contributed by atoms with E-state index in [0.717, 1.165) is 19.6 Å². The molecular weight excluding hydrogens is 188 g/mol. The predicted molar refractivity (Wildman–Crippen MR) is 62.1 cm³/mol. The average molecular weight is 206 g/mol. The van der Waals surface area contributed by atoms with Crippen LogP contribution >= 0.6 is 0 Å². The summed E-state index contributed by atoms with van der Waals surface area (Å²) in [5.41, 5.74) is 2.43. The average Bonchev–Trinajstić information content (AvgIpc) is 2.30. The molecule has 0 aromatic heterocycles. The zero-order chi connectivity index (χ0) is 10.7. The maximum atomic E-state index is 5.64. The van der Waals surface area contributed by atoms with Gasteiger partial charge in [0.15, 0.2) is 0 Å². The van der Waals surface area contributed by atoms with Gasteiger partial charge in [-0.25, -0.2) is 0 Å². The van der Waals surface area contributed by atoms with Gasteiger partial charge in [0.1, 0.15) is 6.23 Å². The highest BCUT2D eigenvalue weighted by Gasteiger charge is 2.14. The van der Waals surface area contributed by atoms with Gasteiger partial charge < -0.3 is 9.64 Å². The second kappa shape index (κ2) is 4.64. The summed E-state index contributed by atoms with van der Waals surface area (Å²) >= 11 is 0. The van der Waals surface area contributed by atoms with Crippen LogP contribution < -0.4 is 10.2 Å². The highest BCUT2D eigenvalue weighted by molar-refractivity contribution is 5.46. The molecule has 1 aliphatic rings. The Labute approximate surface area is 91.0 Å². The molecule has 3 nitrogen and oxygen atoms in total. The van der Waals surface area contributed by atoms with Crippen molar-refractivity contribution < 1.29 is 4.74 Å². The molecule has 0 amide bonds. The number of benzene rings is 1. The summed E-state index contributed by atoms with van der Waals surface area (Å²) in [7, 11) is 4.09. The molecule has 0 spiro atoms. The molecule has 1 N–H and O–H groups in total. The summed E-state index contributed by atoms with van der Waals surface area (Å²) in [5.74, 6) is 0. The quantitative estimate of drug-likeness (QED) is 0.798. The minimum Gasteiger partial charge on any atom is -0.378 e. The van der Waals surface area contributed by atoms with E-state index in [4.69, 9.17) is 4.74 Å². The Balaban J connectivity index is 2.08. The van der Waals surface area contributed by atoms with E-state index < -0.39 is 0 Å². The highest BCUT2D eigenvalue weighted by atomic mass is 16.5. The van der Waals surface area contributed by atoms with Crippen molar-refractivity contribution in [3.05, 3.63) is 29.8 Å². The molecule has 3 heteroatoms. The molecule has 1 unspecified atom stereocenters. The van der Waals surface area contributed by atoms with E-state index in [0.29, 0.717) is 0 Å². The van der Waals surface area contributed by atoms with E-state index in [2.05, 4.69) is 34.5 Å². The standard InChI is InChI=1S/C12H18N2O/c1-14(2)11-6-4-10(5-7-11)12-13-8-3-9-15-12/h4-7,12-13H,3,8-9H2,1-2H3. The molecule has 1 aromatic carbocycles. The Morgan fingerprint density at radius 1 is 1.27 bits per heavy atom. The van der Waals surface area contributed by atoms with Crippen LogP contribution in [0.5, 0.6) is 0 Å². The van der Waals surface area contributed by atoms with Crippen molar-refractivity contribution in [3.8, 4) is 0 Å². The number of anilines is 1. The Hall–Kier alpha value is -1.06. The summed E-state index contributed by atoms with van der Waals surface area (Å²) < 4.78 is 5.64. The molecule has 15 heavy (non-hydrogen) atoms. The maximum absolute atomic E-state index is 5.64.